The summed E-state index contributed by atoms with van der Waals surface area (Å²) in [6, 6.07) is 13.4. The fraction of sp³-hybridized carbons (Fsp3) is 0.125. The fourth-order valence-electron chi connectivity index (χ4n) is 1.78. The Hall–Kier alpha value is -3.03. The maximum Gasteiger partial charge on any atom is 0.339 e. The molecule has 0 aliphatic heterocycles. The third-order valence-corrected chi connectivity index (χ3v) is 4.09. The molecule has 0 saturated heterocycles. The molecule has 7 heteroatoms. The van der Waals surface area contributed by atoms with Crippen molar-refractivity contribution in [1.29, 1.82) is 10.5 Å². The van der Waals surface area contributed by atoms with Crippen molar-refractivity contribution in [1.82, 2.24) is 0 Å². The molecule has 0 aliphatic rings. The molecule has 0 atom stereocenters. The van der Waals surface area contributed by atoms with Crippen molar-refractivity contribution in [2.45, 2.75) is 11.8 Å². The number of hydrogen-bond donors (Lipinski definition) is 0. The van der Waals surface area contributed by atoms with E-state index in [0.717, 1.165) is 0 Å². The Morgan fingerprint density at radius 2 is 1.57 bits per heavy atom. The number of benzene rings is 2. The molecule has 23 heavy (non-hydrogen) atoms. The van der Waals surface area contributed by atoms with Gasteiger partial charge in [-0.05, 0) is 43.3 Å². The molecule has 0 unspecified atom stereocenters. The highest BCUT2D eigenvalue weighted by Gasteiger charge is 2.19. The zero-order valence-electron chi connectivity index (χ0n) is 12.2. The quantitative estimate of drug-likeness (QED) is 0.782. The third-order valence-electron chi connectivity index (χ3n) is 2.84. The Kier molecular flexibility index (Phi) is 4.85. The van der Waals surface area contributed by atoms with E-state index in [-0.39, 0.29) is 16.4 Å². The number of ether oxygens (including phenoxy) is 1. The van der Waals surface area contributed by atoms with Crippen molar-refractivity contribution in [3.63, 3.8) is 0 Å². The first kappa shape index (κ1) is 16.3. The van der Waals surface area contributed by atoms with Crippen LogP contribution in [0.1, 0.15) is 18.1 Å². The molecule has 0 aromatic heterocycles. The van der Waals surface area contributed by atoms with Crippen molar-refractivity contribution >= 4 is 10.1 Å². The summed E-state index contributed by atoms with van der Waals surface area (Å²) >= 11 is 0. The van der Waals surface area contributed by atoms with Gasteiger partial charge in [-0.15, -0.1) is 0 Å². The highest BCUT2D eigenvalue weighted by atomic mass is 32.2. The van der Waals surface area contributed by atoms with E-state index in [1.807, 2.05) is 12.1 Å². The molecule has 0 spiro atoms. The molecule has 116 valence electrons. The lowest BCUT2D eigenvalue weighted by atomic mass is 10.2. The summed E-state index contributed by atoms with van der Waals surface area (Å²) in [7, 11) is -4.07. The van der Waals surface area contributed by atoms with Gasteiger partial charge in [-0.2, -0.15) is 18.9 Å². The molecule has 2 aromatic carbocycles. The van der Waals surface area contributed by atoms with Gasteiger partial charge in [0.1, 0.15) is 4.90 Å². The van der Waals surface area contributed by atoms with Gasteiger partial charge in [0.25, 0.3) is 0 Å². The van der Waals surface area contributed by atoms with E-state index in [0.29, 0.717) is 17.7 Å². The lowest BCUT2D eigenvalue weighted by molar-refractivity contribution is 0.327. The third kappa shape index (κ3) is 3.79. The first-order valence-electron chi connectivity index (χ1n) is 6.61. The van der Waals surface area contributed by atoms with Crippen molar-refractivity contribution in [2.75, 3.05) is 6.61 Å². The molecule has 0 amide bonds. The standard InChI is InChI=1S/C16H12N2O4S/c1-2-21-16-9-13(11-18)5-8-15(16)22-23(19,20)14-6-3-12(10-17)4-7-14/h3-9H,2H2,1H3. The van der Waals surface area contributed by atoms with Crippen LogP contribution in [0.25, 0.3) is 0 Å². The molecule has 2 rings (SSSR count). The Bertz CT molecular complexity index is 891. The molecule has 0 bridgehead atoms. The van der Waals surface area contributed by atoms with Crippen LogP contribution in [0.3, 0.4) is 0 Å². The van der Waals surface area contributed by atoms with Crippen LogP contribution in [0.2, 0.25) is 0 Å². The Morgan fingerprint density at radius 3 is 2.13 bits per heavy atom. The maximum atomic E-state index is 12.3. The second kappa shape index (κ2) is 6.82. The van der Waals surface area contributed by atoms with Gasteiger partial charge < -0.3 is 8.92 Å². The molecule has 0 heterocycles. The minimum Gasteiger partial charge on any atom is -0.490 e. The van der Waals surface area contributed by atoms with E-state index in [1.165, 1.54) is 42.5 Å². The Balaban J connectivity index is 2.36. The van der Waals surface area contributed by atoms with Crippen molar-refractivity contribution in [3.05, 3.63) is 53.6 Å². The predicted octanol–water partition coefficient (Wildman–Crippen LogP) is 2.60. The van der Waals surface area contributed by atoms with E-state index >= 15 is 0 Å². The second-order valence-electron chi connectivity index (χ2n) is 4.38. The summed E-state index contributed by atoms with van der Waals surface area (Å²) in [4.78, 5) is -0.0803. The van der Waals surface area contributed by atoms with Crippen LogP contribution in [0, 0.1) is 22.7 Å². The zero-order valence-corrected chi connectivity index (χ0v) is 13.0. The summed E-state index contributed by atoms with van der Waals surface area (Å²) in [5.41, 5.74) is 0.675. The van der Waals surface area contributed by atoms with Gasteiger partial charge in [0.15, 0.2) is 11.5 Å². The van der Waals surface area contributed by atoms with Crippen molar-refractivity contribution < 1.29 is 17.3 Å². The normalized spacial score (nSPS) is 10.4. The van der Waals surface area contributed by atoms with Crippen molar-refractivity contribution in [3.8, 4) is 23.6 Å². The van der Waals surface area contributed by atoms with Crippen LogP contribution in [0.4, 0.5) is 0 Å². The summed E-state index contributed by atoms with van der Waals surface area (Å²) in [5.74, 6) is 0.166. The molecular weight excluding hydrogens is 316 g/mol. The van der Waals surface area contributed by atoms with Crippen LogP contribution in [0.15, 0.2) is 47.4 Å². The van der Waals surface area contributed by atoms with Crippen LogP contribution in [0.5, 0.6) is 11.5 Å². The van der Waals surface area contributed by atoms with Gasteiger partial charge in [0, 0.05) is 6.07 Å². The van der Waals surface area contributed by atoms with Gasteiger partial charge in [0.05, 0.1) is 29.9 Å². The van der Waals surface area contributed by atoms with Gasteiger partial charge in [-0.3, -0.25) is 0 Å². The van der Waals surface area contributed by atoms with Crippen LogP contribution in [-0.4, -0.2) is 15.0 Å². The molecular formula is C16H12N2O4S. The molecule has 0 radical (unpaired) electrons. The second-order valence-corrected chi connectivity index (χ2v) is 5.93. The van der Waals surface area contributed by atoms with Gasteiger partial charge >= 0.3 is 10.1 Å². The molecule has 0 fully saturated rings. The largest absolute Gasteiger partial charge is 0.490 e. The highest BCUT2D eigenvalue weighted by Crippen LogP contribution is 2.31. The average molecular weight is 328 g/mol. The number of nitriles is 2. The lowest BCUT2D eigenvalue weighted by Crippen LogP contribution is -2.11. The summed E-state index contributed by atoms with van der Waals surface area (Å²) in [5, 5.41) is 17.6. The van der Waals surface area contributed by atoms with Crippen LogP contribution >= 0.6 is 0 Å². The van der Waals surface area contributed by atoms with E-state index in [4.69, 9.17) is 19.4 Å². The maximum absolute atomic E-state index is 12.3. The summed E-state index contributed by atoms with van der Waals surface area (Å²) < 4.78 is 35.0. The van der Waals surface area contributed by atoms with E-state index in [9.17, 15) is 8.42 Å². The monoisotopic (exact) mass is 328 g/mol. The van der Waals surface area contributed by atoms with E-state index in [2.05, 4.69) is 0 Å². The van der Waals surface area contributed by atoms with Gasteiger partial charge in [-0.25, -0.2) is 0 Å². The predicted molar refractivity (Wildman–Crippen MR) is 81.3 cm³/mol. The molecule has 0 N–H and O–H groups in total. The molecule has 0 aliphatic carbocycles. The van der Waals surface area contributed by atoms with Gasteiger partial charge in [0.2, 0.25) is 0 Å². The summed E-state index contributed by atoms with van der Waals surface area (Å²) in [6.45, 7) is 2.03. The Morgan fingerprint density at radius 1 is 0.957 bits per heavy atom. The first-order valence-corrected chi connectivity index (χ1v) is 8.02. The first-order chi connectivity index (χ1) is 11.0. The van der Waals surface area contributed by atoms with E-state index in [1.54, 1.807) is 6.92 Å². The number of hydrogen-bond acceptors (Lipinski definition) is 6. The lowest BCUT2D eigenvalue weighted by Gasteiger charge is -2.12. The molecule has 6 nitrogen and oxygen atoms in total. The topological polar surface area (TPSA) is 100 Å². The average Bonchev–Trinajstić information content (AvgIpc) is 2.56. The minimum absolute atomic E-state index is 0.00444. The minimum atomic E-state index is -4.07. The Labute approximate surface area is 134 Å². The van der Waals surface area contributed by atoms with E-state index < -0.39 is 10.1 Å². The van der Waals surface area contributed by atoms with Crippen molar-refractivity contribution in [2.24, 2.45) is 0 Å². The SMILES string of the molecule is CCOc1cc(C#N)ccc1OS(=O)(=O)c1ccc(C#N)cc1. The van der Waals surface area contributed by atoms with Gasteiger partial charge in [-0.1, -0.05) is 0 Å². The summed E-state index contributed by atoms with van der Waals surface area (Å²) in [6.07, 6.45) is 0. The zero-order chi connectivity index (χ0) is 16.9. The van der Waals surface area contributed by atoms with Crippen LogP contribution < -0.4 is 8.92 Å². The smallest absolute Gasteiger partial charge is 0.339 e. The number of nitrogens with zero attached hydrogens (tertiary/aromatic N) is 2. The highest BCUT2D eigenvalue weighted by molar-refractivity contribution is 7.87. The molecule has 0 saturated carbocycles. The molecule has 2 aromatic rings. The van der Waals surface area contributed by atoms with Crippen LogP contribution in [-0.2, 0) is 10.1 Å². The number of rotatable bonds is 5. The fourth-order valence-corrected chi connectivity index (χ4v) is 2.72.